The first kappa shape index (κ1) is 17.4. The molecule has 5 heteroatoms. The third kappa shape index (κ3) is 4.71. The highest BCUT2D eigenvalue weighted by molar-refractivity contribution is 7.60. The van der Waals surface area contributed by atoms with Gasteiger partial charge >= 0.3 is 7.60 Å². The van der Waals surface area contributed by atoms with Crippen LogP contribution in [0.2, 0.25) is 0 Å². The summed E-state index contributed by atoms with van der Waals surface area (Å²) in [5.41, 5.74) is 7.35. The molecule has 1 atom stereocenters. The zero-order valence-electron chi connectivity index (χ0n) is 12.7. The first-order valence-electron chi connectivity index (χ1n) is 6.94. The minimum absolute atomic E-state index is 0.0378. The largest absolute Gasteiger partial charge is 0.356 e. The Labute approximate surface area is 121 Å². The lowest BCUT2D eigenvalue weighted by Gasteiger charge is -2.34. The van der Waals surface area contributed by atoms with Crippen LogP contribution in [-0.2, 0) is 11.0 Å². The van der Waals surface area contributed by atoms with Crippen LogP contribution in [0.4, 0.5) is 0 Å². The zero-order valence-corrected chi connectivity index (χ0v) is 13.6. The molecule has 0 spiro atoms. The molecule has 0 aliphatic rings. The second-order valence-corrected chi connectivity index (χ2v) is 8.07. The predicted molar refractivity (Wildman–Crippen MR) is 83.0 cm³/mol. The summed E-state index contributed by atoms with van der Waals surface area (Å²) in [7, 11) is -4.14. The summed E-state index contributed by atoms with van der Waals surface area (Å²) in [6.45, 7) is 8.59. The van der Waals surface area contributed by atoms with Gasteiger partial charge in [-0.3, -0.25) is 4.57 Å². The molecule has 114 valence electrons. The zero-order chi connectivity index (χ0) is 15.6. The highest BCUT2D eigenvalue weighted by Crippen LogP contribution is 2.33. The lowest BCUT2D eigenvalue weighted by Crippen LogP contribution is -2.41. The van der Waals surface area contributed by atoms with Gasteiger partial charge in [0.05, 0.1) is 5.30 Å². The van der Waals surface area contributed by atoms with Crippen molar-refractivity contribution in [1.29, 1.82) is 0 Å². The van der Waals surface area contributed by atoms with Crippen molar-refractivity contribution in [2.24, 2.45) is 17.1 Å². The summed E-state index contributed by atoms with van der Waals surface area (Å²) in [6, 6.07) is 6.71. The first-order chi connectivity index (χ1) is 9.04. The quantitative estimate of drug-likeness (QED) is 0.704. The van der Waals surface area contributed by atoms with Crippen LogP contribution in [0.3, 0.4) is 0 Å². The van der Waals surface area contributed by atoms with Gasteiger partial charge in [-0.15, -0.1) is 0 Å². The fraction of sp³-hybridized carbons (Fsp3) is 0.600. The van der Waals surface area contributed by atoms with Crippen molar-refractivity contribution in [1.82, 2.24) is 0 Å². The van der Waals surface area contributed by atoms with E-state index in [4.69, 9.17) is 15.5 Å². The predicted octanol–water partition coefficient (Wildman–Crippen LogP) is 2.43. The lowest BCUT2D eigenvalue weighted by molar-refractivity contribution is 0.216. The Morgan fingerprint density at radius 2 is 1.70 bits per heavy atom. The third-order valence-corrected chi connectivity index (χ3v) is 4.92. The van der Waals surface area contributed by atoms with Crippen LogP contribution in [0.5, 0.6) is 0 Å². The molecule has 20 heavy (non-hydrogen) atoms. The summed E-state index contributed by atoms with van der Waals surface area (Å²) in [5.74, 6) is 0.432. The van der Waals surface area contributed by atoms with Crippen LogP contribution in [0, 0.1) is 11.3 Å². The standard InChI is InChI=1S/C15H26NO3P/c1-11(2)14(16)15(3,4)10-9-12-5-7-13(8-6-12)20(17,18)19/h5-8,11,14H,9-10,16H2,1-4H3,(H2,17,18,19)/t14-/m1/s1. The van der Waals surface area contributed by atoms with Crippen molar-refractivity contribution >= 4 is 12.9 Å². The van der Waals surface area contributed by atoms with Crippen molar-refractivity contribution in [3.8, 4) is 0 Å². The van der Waals surface area contributed by atoms with Gasteiger partial charge in [-0.2, -0.15) is 0 Å². The molecule has 0 unspecified atom stereocenters. The number of aryl methyl sites for hydroxylation is 1. The van der Waals surface area contributed by atoms with Crippen LogP contribution < -0.4 is 11.0 Å². The molecule has 0 aromatic heterocycles. The molecular formula is C15H26NO3P. The summed E-state index contributed by atoms with van der Waals surface area (Å²) in [4.78, 5) is 18.1. The van der Waals surface area contributed by atoms with Gasteiger partial charge in [-0.05, 0) is 41.9 Å². The van der Waals surface area contributed by atoms with E-state index in [1.165, 1.54) is 12.1 Å². The maximum Gasteiger partial charge on any atom is 0.356 e. The maximum absolute atomic E-state index is 11.1. The van der Waals surface area contributed by atoms with E-state index in [-0.39, 0.29) is 16.8 Å². The summed E-state index contributed by atoms with van der Waals surface area (Å²) in [5, 5.41) is 0.0689. The summed E-state index contributed by atoms with van der Waals surface area (Å²) < 4.78 is 11.1. The fourth-order valence-corrected chi connectivity index (χ4v) is 2.93. The van der Waals surface area contributed by atoms with Crippen molar-refractivity contribution in [2.75, 3.05) is 0 Å². The van der Waals surface area contributed by atoms with E-state index in [2.05, 4.69) is 27.7 Å². The van der Waals surface area contributed by atoms with Gasteiger partial charge in [0.15, 0.2) is 0 Å². The van der Waals surface area contributed by atoms with Crippen LogP contribution in [0.25, 0.3) is 0 Å². The average Bonchev–Trinajstić information content (AvgIpc) is 2.35. The second kappa shape index (κ2) is 6.40. The van der Waals surface area contributed by atoms with Gasteiger partial charge in [0.25, 0.3) is 0 Å². The van der Waals surface area contributed by atoms with Crippen LogP contribution in [0.1, 0.15) is 39.7 Å². The van der Waals surface area contributed by atoms with Gasteiger partial charge in [-0.25, -0.2) is 0 Å². The molecule has 0 fully saturated rings. The van der Waals surface area contributed by atoms with Crippen molar-refractivity contribution in [3.63, 3.8) is 0 Å². The van der Waals surface area contributed by atoms with Gasteiger partial charge in [0, 0.05) is 6.04 Å². The van der Waals surface area contributed by atoms with E-state index >= 15 is 0 Å². The van der Waals surface area contributed by atoms with Gasteiger partial charge in [-0.1, -0.05) is 39.8 Å². The minimum Gasteiger partial charge on any atom is -0.327 e. The van der Waals surface area contributed by atoms with Gasteiger partial charge in [0.2, 0.25) is 0 Å². The topological polar surface area (TPSA) is 83.6 Å². The Bertz CT molecular complexity index is 476. The molecule has 0 saturated carbocycles. The Hall–Kier alpha value is -0.670. The Morgan fingerprint density at radius 3 is 2.10 bits per heavy atom. The lowest BCUT2D eigenvalue weighted by atomic mass is 9.75. The highest BCUT2D eigenvalue weighted by atomic mass is 31.2. The van der Waals surface area contributed by atoms with Crippen molar-refractivity contribution < 1.29 is 14.4 Å². The van der Waals surface area contributed by atoms with Crippen molar-refractivity contribution in [2.45, 2.75) is 46.6 Å². The van der Waals surface area contributed by atoms with E-state index in [9.17, 15) is 4.57 Å². The number of benzene rings is 1. The van der Waals surface area contributed by atoms with E-state index < -0.39 is 7.60 Å². The molecule has 0 radical (unpaired) electrons. The Balaban J connectivity index is 2.69. The molecule has 0 aliphatic carbocycles. The highest BCUT2D eigenvalue weighted by Gasteiger charge is 2.28. The van der Waals surface area contributed by atoms with Crippen molar-refractivity contribution in [3.05, 3.63) is 29.8 Å². The summed E-state index contributed by atoms with van der Waals surface area (Å²) >= 11 is 0. The van der Waals surface area contributed by atoms with Gasteiger partial charge in [0.1, 0.15) is 0 Å². The Morgan fingerprint density at radius 1 is 1.20 bits per heavy atom. The molecular weight excluding hydrogens is 273 g/mol. The van der Waals surface area contributed by atoms with Gasteiger partial charge < -0.3 is 15.5 Å². The maximum atomic E-state index is 11.1. The molecule has 0 aliphatic heterocycles. The molecule has 4 N–H and O–H groups in total. The minimum atomic E-state index is -4.14. The first-order valence-corrected chi connectivity index (χ1v) is 8.56. The number of nitrogens with two attached hydrogens (primary N) is 1. The number of rotatable bonds is 6. The molecule has 0 amide bonds. The monoisotopic (exact) mass is 299 g/mol. The second-order valence-electron chi connectivity index (χ2n) is 6.47. The Kier molecular flexibility index (Phi) is 5.56. The molecule has 0 saturated heterocycles. The van der Waals surface area contributed by atoms with E-state index in [0.717, 1.165) is 18.4 Å². The molecule has 1 aromatic carbocycles. The fourth-order valence-electron chi connectivity index (χ4n) is 2.39. The van der Waals surface area contributed by atoms with Crippen LogP contribution >= 0.6 is 7.60 Å². The van der Waals surface area contributed by atoms with E-state index in [0.29, 0.717) is 5.92 Å². The van der Waals surface area contributed by atoms with Crippen LogP contribution in [0.15, 0.2) is 24.3 Å². The summed E-state index contributed by atoms with van der Waals surface area (Å²) in [6.07, 6.45) is 1.80. The van der Waals surface area contributed by atoms with Crippen LogP contribution in [-0.4, -0.2) is 15.8 Å². The molecule has 0 bridgehead atoms. The smallest absolute Gasteiger partial charge is 0.327 e. The number of hydrogen-bond donors (Lipinski definition) is 3. The SMILES string of the molecule is CC(C)[C@@H](N)C(C)(C)CCc1ccc(P(=O)(O)O)cc1. The normalized spacial score (nSPS) is 14.6. The molecule has 0 heterocycles. The number of hydrogen-bond acceptors (Lipinski definition) is 2. The van der Waals surface area contributed by atoms with E-state index in [1.54, 1.807) is 12.1 Å². The molecule has 1 aromatic rings. The van der Waals surface area contributed by atoms with E-state index in [1.807, 2.05) is 0 Å². The molecule has 4 nitrogen and oxygen atoms in total. The molecule has 1 rings (SSSR count). The third-order valence-electron chi connectivity index (χ3n) is 3.95. The average molecular weight is 299 g/mol.